The molecule has 0 aromatic heterocycles. The van der Waals surface area contributed by atoms with Crippen molar-refractivity contribution in [2.45, 2.75) is 5.92 Å². The van der Waals surface area contributed by atoms with Crippen LogP contribution in [0.15, 0.2) is 36.4 Å². The Balaban J connectivity index is 2.40. The number of rotatable bonds is 7. The zero-order chi connectivity index (χ0) is 17.7. The van der Waals surface area contributed by atoms with Crippen molar-refractivity contribution in [3.8, 4) is 23.0 Å². The van der Waals surface area contributed by atoms with Gasteiger partial charge in [0.05, 0.1) is 33.9 Å². The van der Waals surface area contributed by atoms with Crippen molar-refractivity contribution in [1.82, 2.24) is 0 Å². The average molecular weight is 332 g/mol. The summed E-state index contributed by atoms with van der Waals surface area (Å²) in [5.74, 6) is -0.306. The summed E-state index contributed by atoms with van der Waals surface area (Å²) in [5, 5.41) is 19.6. The number of carbonyl (C=O) groups is 1. The fourth-order valence-corrected chi connectivity index (χ4v) is 2.41. The molecule has 0 radical (unpaired) electrons. The number of phenols is 1. The summed E-state index contributed by atoms with van der Waals surface area (Å²) in [6.45, 7) is -0.351. The van der Waals surface area contributed by atoms with Crippen LogP contribution in [-0.4, -0.2) is 43.9 Å². The Morgan fingerprint density at radius 3 is 1.96 bits per heavy atom. The second-order valence-electron chi connectivity index (χ2n) is 5.10. The number of aliphatic hydroxyl groups excluding tert-OH is 1. The second-order valence-corrected chi connectivity index (χ2v) is 5.10. The molecule has 24 heavy (non-hydrogen) atoms. The Hall–Kier alpha value is -2.73. The number of ether oxygens (including phenoxy) is 3. The molecule has 0 aliphatic carbocycles. The van der Waals surface area contributed by atoms with Crippen LogP contribution in [0.3, 0.4) is 0 Å². The van der Waals surface area contributed by atoms with Gasteiger partial charge in [0, 0.05) is 5.56 Å². The van der Waals surface area contributed by atoms with Crippen molar-refractivity contribution < 1.29 is 29.2 Å². The molecule has 0 heterocycles. The van der Waals surface area contributed by atoms with E-state index in [0.717, 1.165) is 0 Å². The van der Waals surface area contributed by atoms with Gasteiger partial charge in [-0.1, -0.05) is 12.1 Å². The summed E-state index contributed by atoms with van der Waals surface area (Å²) in [7, 11) is 4.32. The van der Waals surface area contributed by atoms with Gasteiger partial charge in [0.2, 0.25) is 5.75 Å². The molecule has 0 fully saturated rings. The molecule has 0 saturated heterocycles. The van der Waals surface area contributed by atoms with Crippen LogP contribution in [0.2, 0.25) is 0 Å². The van der Waals surface area contributed by atoms with Crippen molar-refractivity contribution in [2.75, 3.05) is 27.9 Å². The van der Waals surface area contributed by atoms with Gasteiger partial charge in [-0.15, -0.1) is 0 Å². The predicted octanol–water partition coefficient (Wildman–Crippen LogP) is 2.38. The minimum Gasteiger partial charge on any atom is -0.502 e. The van der Waals surface area contributed by atoms with E-state index in [1.54, 1.807) is 31.4 Å². The van der Waals surface area contributed by atoms with Gasteiger partial charge < -0.3 is 24.4 Å². The third-order valence-electron chi connectivity index (χ3n) is 3.78. The Morgan fingerprint density at radius 1 is 1.00 bits per heavy atom. The van der Waals surface area contributed by atoms with E-state index >= 15 is 0 Å². The van der Waals surface area contributed by atoms with Gasteiger partial charge in [-0.25, -0.2) is 0 Å². The highest BCUT2D eigenvalue weighted by Gasteiger charge is 2.24. The molecular formula is C18H20O6. The maximum absolute atomic E-state index is 12.8. The summed E-state index contributed by atoms with van der Waals surface area (Å²) in [6.07, 6.45) is 0. The fraction of sp³-hybridized carbons (Fsp3) is 0.278. The van der Waals surface area contributed by atoms with Crippen molar-refractivity contribution in [2.24, 2.45) is 0 Å². The van der Waals surface area contributed by atoms with E-state index in [1.165, 1.54) is 26.4 Å². The van der Waals surface area contributed by atoms with Gasteiger partial charge in [0.1, 0.15) is 5.75 Å². The highest BCUT2D eigenvalue weighted by atomic mass is 16.5. The first-order chi connectivity index (χ1) is 11.5. The molecule has 0 unspecified atom stereocenters. The maximum Gasteiger partial charge on any atom is 0.200 e. The van der Waals surface area contributed by atoms with Gasteiger partial charge in [0.15, 0.2) is 17.3 Å². The van der Waals surface area contributed by atoms with E-state index in [-0.39, 0.29) is 35.2 Å². The number of aromatic hydroxyl groups is 1. The first-order valence-corrected chi connectivity index (χ1v) is 7.29. The predicted molar refractivity (Wildman–Crippen MR) is 88.4 cm³/mol. The summed E-state index contributed by atoms with van der Waals surface area (Å²) in [6, 6.07) is 9.75. The van der Waals surface area contributed by atoms with E-state index in [4.69, 9.17) is 14.2 Å². The topological polar surface area (TPSA) is 85.2 Å². The van der Waals surface area contributed by atoms with E-state index in [9.17, 15) is 15.0 Å². The molecule has 0 spiro atoms. The van der Waals surface area contributed by atoms with Crippen LogP contribution in [0.4, 0.5) is 0 Å². The van der Waals surface area contributed by atoms with E-state index < -0.39 is 5.92 Å². The molecular weight excluding hydrogens is 312 g/mol. The number of methoxy groups -OCH3 is 3. The smallest absolute Gasteiger partial charge is 0.200 e. The van der Waals surface area contributed by atoms with Gasteiger partial charge in [-0.3, -0.25) is 4.79 Å². The summed E-state index contributed by atoms with van der Waals surface area (Å²) >= 11 is 0. The molecule has 128 valence electrons. The van der Waals surface area contributed by atoms with Crippen molar-refractivity contribution in [1.29, 1.82) is 0 Å². The molecule has 2 N–H and O–H groups in total. The first-order valence-electron chi connectivity index (χ1n) is 7.29. The molecule has 0 aliphatic rings. The molecule has 6 nitrogen and oxygen atoms in total. The molecule has 2 rings (SSSR count). The minimum absolute atomic E-state index is 0.129. The van der Waals surface area contributed by atoms with Crippen LogP contribution in [0.25, 0.3) is 0 Å². The zero-order valence-corrected chi connectivity index (χ0v) is 13.8. The van der Waals surface area contributed by atoms with E-state index in [2.05, 4.69) is 0 Å². The van der Waals surface area contributed by atoms with Crippen molar-refractivity contribution >= 4 is 5.78 Å². The molecule has 2 aromatic rings. The molecule has 2 aromatic carbocycles. The Morgan fingerprint density at radius 2 is 1.54 bits per heavy atom. The molecule has 6 heteroatoms. The van der Waals surface area contributed by atoms with Crippen molar-refractivity contribution in [3.63, 3.8) is 0 Å². The van der Waals surface area contributed by atoms with Crippen LogP contribution in [0.1, 0.15) is 21.8 Å². The normalized spacial score (nSPS) is 11.7. The van der Waals surface area contributed by atoms with E-state index in [1.807, 2.05) is 0 Å². The lowest BCUT2D eigenvalue weighted by Crippen LogP contribution is -2.17. The maximum atomic E-state index is 12.8. The van der Waals surface area contributed by atoms with Gasteiger partial charge in [0.25, 0.3) is 0 Å². The highest BCUT2D eigenvalue weighted by Crippen LogP contribution is 2.38. The minimum atomic E-state index is -0.741. The largest absolute Gasteiger partial charge is 0.502 e. The molecule has 1 atom stereocenters. The second kappa shape index (κ2) is 7.70. The number of phenolic OH excluding ortho intramolecular Hbond substituents is 1. The third-order valence-corrected chi connectivity index (χ3v) is 3.78. The number of hydrogen-bond donors (Lipinski definition) is 2. The van der Waals surface area contributed by atoms with Crippen molar-refractivity contribution in [3.05, 3.63) is 47.5 Å². The lowest BCUT2D eigenvalue weighted by atomic mass is 9.91. The number of benzene rings is 2. The van der Waals surface area contributed by atoms with Gasteiger partial charge in [-0.2, -0.15) is 0 Å². The first kappa shape index (κ1) is 17.6. The van der Waals surface area contributed by atoms with Gasteiger partial charge in [-0.05, 0) is 29.8 Å². The Labute approximate surface area is 140 Å². The SMILES string of the molecule is COc1ccc([C@H](CO)C(=O)c2cc(OC)c(O)c(OC)c2)cc1. The fourth-order valence-electron chi connectivity index (χ4n) is 2.41. The number of aliphatic hydroxyl groups is 1. The monoisotopic (exact) mass is 332 g/mol. The van der Waals surface area contributed by atoms with Crippen LogP contribution in [0, 0.1) is 0 Å². The summed E-state index contributed by atoms with van der Waals surface area (Å²) in [5.41, 5.74) is 0.936. The number of ketones is 1. The highest BCUT2D eigenvalue weighted by molar-refractivity contribution is 6.02. The van der Waals surface area contributed by atoms with Crippen LogP contribution in [0.5, 0.6) is 23.0 Å². The average Bonchev–Trinajstić information content (AvgIpc) is 2.63. The summed E-state index contributed by atoms with van der Waals surface area (Å²) < 4.78 is 15.2. The van der Waals surface area contributed by atoms with Gasteiger partial charge >= 0.3 is 0 Å². The Kier molecular flexibility index (Phi) is 5.65. The van der Waals surface area contributed by atoms with E-state index in [0.29, 0.717) is 11.3 Å². The standard InChI is InChI=1S/C18H20O6/c1-22-13-6-4-11(5-7-13)14(10-19)17(20)12-8-15(23-2)18(21)16(9-12)24-3/h4-9,14,19,21H,10H2,1-3H3/t14-/m0/s1. The molecule has 0 saturated carbocycles. The van der Waals surface area contributed by atoms with Crippen LogP contribution >= 0.6 is 0 Å². The summed E-state index contributed by atoms with van der Waals surface area (Å²) in [4.78, 5) is 12.8. The quantitative estimate of drug-likeness (QED) is 0.757. The molecule has 0 amide bonds. The zero-order valence-electron chi connectivity index (χ0n) is 13.8. The number of Topliss-reactive ketones (excluding diaryl/α,β-unsaturated/α-hetero) is 1. The lowest BCUT2D eigenvalue weighted by molar-refractivity contribution is 0.0921. The van der Waals surface area contributed by atoms with Crippen LogP contribution in [-0.2, 0) is 0 Å². The molecule has 0 bridgehead atoms. The number of hydrogen-bond acceptors (Lipinski definition) is 6. The van der Waals surface area contributed by atoms with Crippen LogP contribution < -0.4 is 14.2 Å². The number of carbonyl (C=O) groups excluding carboxylic acids is 1. The lowest BCUT2D eigenvalue weighted by Gasteiger charge is -2.16. The Bertz CT molecular complexity index is 683. The molecule has 0 aliphatic heterocycles. The third kappa shape index (κ3) is 3.44.